The van der Waals surface area contributed by atoms with E-state index in [4.69, 9.17) is 14.2 Å². The molecule has 0 amide bonds. The maximum atomic E-state index is 10.7. The molecule has 0 aliphatic rings. The lowest BCUT2D eigenvalue weighted by Gasteiger charge is -2.23. The molecule has 0 fully saturated rings. The summed E-state index contributed by atoms with van der Waals surface area (Å²) in [7, 11) is 0. The van der Waals surface area contributed by atoms with Gasteiger partial charge in [-0.1, -0.05) is 49.9 Å². The number of phenols is 1. The lowest BCUT2D eigenvalue weighted by molar-refractivity contribution is 0.0265. The highest BCUT2D eigenvalue weighted by molar-refractivity contribution is 5.82. The Morgan fingerprint density at radius 1 is 0.878 bits per heavy atom. The largest absolute Gasteiger partial charge is 0.505 e. The van der Waals surface area contributed by atoms with Crippen LogP contribution in [0.15, 0.2) is 54.2 Å². The van der Waals surface area contributed by atoms with E-state index in [1.54, 1.807) is 6.08 Å². The molecule has 0 spiro atoms. The van der Waals surface area contributed by atoms with E-state index >= 15 is 0 Å². The molecule has 0 bridgehead atoms. The Bertz CT molecular complexity index is 1250. The lowest BCUT2D eigenvalue weighted by Crippen LogP contribution is -2.31. The van der Waals surface area contributed by atoms with E-state index in [1.807, 2.05) is 31.3 Å². The van der Waals surface area contributed by atoms with Crippen molar-refractivity contribution in [3.05, 3.63) is 71.4 Å². The summed E-state index contributed by atoms with van der Waals surface area (Å²) in [6.07, 6.45) is 3.52. The number of ether oxygens (including phenoxy) is 3. The van der Waals surface area contributed by atoms with Crippen LogP contribution in [-0.4, -0.2) is 92.4 Å². The number of aromatic nitrogens is 1. The monoisotopic (exact) mass is 562 g/mol. The first-order valence-electron chi connectivity index (χ1n) is 14.5. The van der Waals surface area contributed by atoms with Crippen LogP contribution in [0, 0.1) is 6.92 Å². The second-order valence-electron chi connectivity index (χ2n) is 9.86. The smallest absolute Gasteiger partial charge is 0.146 e. The molecule has 0 saturated heterocycles. The number of aromatic hydroxyl groups is 1. The molecular weight excluding hydrogens is 516 g/mol. The first kappa shape index (κ1) is 32.4. The highest BCUT2D eigenvalue weighted by Gasteiger charge is 2.14. The fraction of sp³-hybridized carbons (Fsp3) is 0.455. The van der Waals surface area contributed by atoms with Crippen LogP contribution in [0.2, 0.25) is 0 Å². The van der Waals surface area contributed by atoms with E-state index in [0.717, 1.165) is 42.8 Å². The van der Waals surface area contributed by atoms with Crippen LogP contribution in [0.25, 0.3) is 17.0 Å². The van der Waals surface area contributed by atoms with Gasteiger partial charge in [0.2, 0.25) is 0 Å². The minimum atomic E-state index is 0.140. The van der Waals surface area contributed by atoms with Gasteiger partial charge in [-0.15, -0.1) is 0 Å². The molecule has 0 aliphatic heterocycles. The van der Waals surface area contributed by atoms with Crippen LogP contribution in [0.5, 0.6) is 5.75 Å². The number of benzene rings is 2. The van der Waals surface area contributed by atoms with Crippen molar-refractivity contribution >= 4 is 29.4 Å². The number of nitrogens with zero attached hydrogens (tertiary/aromatic N) is 4. The quantitative estimate of drug-likeness (QED) is 0.141. The van der Waals surface area contributed by atoms with Gasteiger partial charge < -0.3 is 19.3 Å². The third kappa shape index (κ3) is 9.73. The molecule has 8 nitrogen and oxygen atoms in total. The first-order valence-corrected chi connectivity index (χ1v) is 14.5. The van der Waals surface area contributed by atoms with Gasteiger partial charge in [-0.25, -0.2) is 0 Å². The van der Waals surface area contributed by atoms with Crippen molar-refractivity contribution < 1.29 is 19.3 Å². The number of likely N-dealkylation sites (N-methyl/N-ethyl adjacent to an activating group) is 1. The maximum absolute atomic E-state index is 10.7. The molecule has 3 rings (SSSR count). The van der Waals surface area contributed by atoms with Crippen molar-refractivity contribution in [1.82, 2.24) is 14.8 Å². The van der Waals surface area contributed by atoms with Gasteiger partial charge in [-0.05, 0) is 44.3 Å². The number of pyridine rings is 1. The molecule has 0 saturated carbocycles. The molecule has 222 valence electrons. The minimum Gasteiger partial charge on any atom is -0.505 e. The van der Waals surface area contributed by atoms with Gasteiger partial charge in [-0.2, -0.15) is 0 Å². The highest BCUT2D eigenvalue weighted by atomic mass is 16.5. The number of aryl methyl sites for hydroxylation is 1. The Kier molecular flexibility index (Phi) is 13.9. The normalized spacial score (nSPS) is 11.5. The molecule has 0 atom stereocenters. The summed E-state index contributed by atoms with van der Waals surface area (Å²) in [5.74, 6) is 0.140. The predicted molar refractivity (Wildman–Crippen MR) is 168 cm³/mol. The first-order chi connectivity index (χ1) is 20.0. The zero-order chi connectivity index (χ0) is 29.5. The Morgan fingerprint density at radius 3 is 2.20 bits per heavy atom. The van der Waals surface area contributed by atoms with E-state index in [1.165, 1.54) is 16.5 Å². The van der Waals surface area contributed by atoms with Crippen molar-refractivity contribution in [2.45, 2.75) is 33.9 Å². The Balaban J connectivity index is 1.39. The summed E-state index contributed by atoms with van der Waals surface area (Å²) in [5, 5.41) is 11.9. The van der Waals surface area contributed by atoms with Crippen LogP contribution in [-0.2, 0) is 27.3 Å². The zero-order valence-electron chi connectivity index (χ0n) is 25.0. The van der Waals surface area contributed by atoms with Gasteiger partial charge in [0.25, 0.3) is 0 Å². The van der Waals surface area contributed by atoms with Crippen molar-refractivity contribution in [3.63, 3.8) is 0 Å². The third-order valence-electron chi connectivity index (χ3n) is 7.25. The highest BCUT2D eigenvalue weighted by Crippen LogP contribution is 2.35. The third-order valence-corrected chi connectivity index (χ3v) is 7.25. The molecule has 1 heterocycles. The number of fused-ring (bicyclic) bond motifs is 1. The van der Waals surface area contributed by atoms with Crippen molar-refractivity contribution in [1.29, 1.82) is 0 Å². The van der Waals surface area contributed by atoms with E-state index in [0.29, 0.717) is 58.4 Å². The van der Waals surface area contributed by atoms with Crippen molar-refractivity contribution in [2.75, 3.05) is 65.8 Å². The molecule has 0 aliphatic carbocycles. The van der Waals surface area contributed by atoms with Crippen molar-refractivity contribution in [3.8, 4) is 5.75 Å². The summed E-state index contributed by atoms with van der Waals surface area (Å²) in [5.41, 5.74) is 5.63. The lowest BCUT2D eigenvalue weighted by atomic mass is 10.0. The van der Waals surface area contributed by atoms with Crippen molar-refractivity contribution in [2.24, 2.45) is 4.99 Å². The van der Waals surface area contributed by atoms with Gasteiger partial charge >= 0.3 is 0 Å². The zero-order valence-corrected chi connectivity index (χ0v) is 25.0. The van der Waals surface area contributed by atoms with E-state index in [-0.39, 0.29) is 5.75 Å². The molecule has 41 heavy (non-hydrogen) atoms. The van der Waals surface area contributed by atoms with Crippen LogP contribution < -0.4 is 0 Å². The molecule has 0 radical (unpaired) electrons. The molecule has 2 aromatic carbocycles. The molecule has 1 aromatic heterocycles. The summed E-state index contributed by atoms with van der Waals surface area (Å²) in [6, 6.07) is 12.3. The second kappa shape index (κ2) is 17.6. The van der Waals surface area contributed by atoms with Gasteiger partial charge in [0, 0.05) is 62.0 Å². The fourth-order valence-electron chi connectivity index (χ4n) is 4.75. The number of hydrogen-bond acceptors (Lipinski definition) is 8. The number of aliphatic imine (C=N–C) groups is 1. The number of hydrogen-bond donors (Lipinski definition) is 1. The molecular formula is C33H46N4O4. The fourth-order valence-corrected chi connectivity index (χ4v) is 4.75. The van der Waals surface area contributed by atoms with Crippen LogP contribution in [0.3, 0.4) is 0 Å². The van der Waals surface area contributed by atoms with Gasteiger partial charge in [0.05, 0.1) is 38.6 Å². The molecule has 1 N–H and O–H groups in total. The van der Waals surface area contributed by atoms with Crippen LogP contribution in [0.4, 0.5) is 5.69 Å². The van der Waals surface area contributed by atoms with Gasteiger partial charge in [0.15, 0.2) is 0 Å². The summed E-state index contributed by atoms with van der Waals surface area (Å²) < 4.78 is 17.3. The average Bonchev–Trinajstić information content (AvgIpc) is 2.99. The Hall–Kier alpha value is -3.14. The Morgan fingerprint density at radius 2 is 1.54 bits per heavy atom. The molecule has 8 heteroatoms. The summed E-state index contributed by atoms with van der Waals surface area (Å²) in [4.78, 5) is 13.1. The maximum Gasteiger partial charge on any atom is 0.146 e. The van der Waals surface area contributed by atoms with Gasteiger partial charge in [0.1, 0.15) is 11.4 Å². The summed E-state index contributed by atoms with van der Waals surface area (Å²) >= 11 is 0. The SMILES string of the molecule is C=Cc1ccc(CN(CCOCC)CCOCCOCCN(CC)Cc2ccc3cccnc3c2C)c(O)c1N=C. The van der Waals surface area contributed by atoms with E-state index in [2.05, 4.69) is 65.1 Å². The van der Waals surface area contributed by atoms with E-state index in [9.17, 15) is 5.11 Å². The molecule has 3 aromatic rings. The van der Waals surface area contributed by atoms with E-state index < -0.39 is 0 Å². The molecule has 0 unspecified atom stereocenters. The minimum absolute atomic E-state index is 0.140. The van der Waals surface area contributed by atoms with Gasteiger partial charge in [-0.3, -0.25) is 19.8 Å². The standard InChI is InChI=1S/C33H46N4O4/c1-6-27-11-14-30(33(38)32(27)34-5)25-37(17-19-39-8-3)18-21-41-23-22-40-20-16-36(7-2)24-29-13-12-28-10-9-15-35-31(28)26(29)4/h6,9-15,38H,1,5,7-8,16-25H2,2-4H3. The predicted octanol–water partition coefficient (Wildman–Crippen LogP) is 5.62. The van der Waals surface area contributed by atoms with Crippen LogP contribution in [0.1, 0.15) is 36.1 Å². The van der Waals surface area contributed by atoms with Crippen LogP contribution >= 0.6 is 0 Å². The number of rotatable bonds is 20. The second-order valence-corrected chi connectivity index (χ2v) is 9.86. The topological polar surface area (TPSA) is 79.7 Å². The average molecular weight is 563 g/mol. The Labute approximate surface area is 245 Å². The number of phenolic OH excluding ortho intramolecular Hbond substituents is 1. The summed E-state index contributed by atoms with van der Waals surface area (Å²) in [6.45, 7) is 21.9.